The summed E-state index contributed by atoms with van der Waals surface area (Å²) in [6.45, 7) is 10.4. The lowest BCUT2D eigenvalue weighted by Gasteiger charge is -2.33. The SMILES string of the molecule is CCOCc1cnc(C)nc1C1CCCN(C(=O)CCc2c(C)noc2C)C1. The van der Waals surface area contributed by atoms with Crippen LogP contribution in [0.1, 0.15) is 66.2 Å². The van der Waals surface area contributed by atoms with Gasteiger partial charge in [-0.1, -0.05) is 5.16 Å². The molecule has 1 amide bonds. The molecule has 1 aliphatic heterocycles. The van der Waals surface area contributed by atoms with Crippen molar-refractivity contribution in [3.05, 3.63) is 40.3 Å². The van der Waals surface area contributed by atoms with E-state index in [0.717, 1.165) is 53.5 Å². The Morgan fingerprint density at radius 2 is 2.18 bits per heavy atom. The minimum atomic E-state index is 0.182. The molecule has 28 heavy (non-hydrogen) atoms. The maximum atomic E-state index is 12.8. The monoisotopic (exact) mass is 386 g/mol. The molecule has 0 saturated carbocycles. The number of carbonyl (C=O) groups excluding carboxylic acids is 1. The molecule has 3 heterocycles. The fourth-order valence-electron chi connectivity index (χ4n) is 3.86. The summed E-state index contributed by atoms with van der Waals surface area (Å²) in [6, 6.07) is 0. The highest BCUT2D eigenvalue weighted by Gasteiger charge is 2.27. The minimum Gasteiger partial charge on any atom is -0.377 e. The summed E-state index contributed by atoms with van der Waals surface area (Å²) in [4.78, 5) is 23.8. The van der Waals surface area contributed by atoms with Crippen molar-refractivity contribution in [1.82, 2.24) is 20.0 Å². The van der Waals surface area contributed by atoms with E-state index in [0.29, 0.717) is 32.6 Å². The largest absolute Gasteiger partial charge is 0.377 e. The number of hydrogen-bond acceptors (Lipinski definition) is 6. The van der Waals surface area contributed by atoms with Crippen LogP contribution in [0, 0.1) is 20.8 Å². The van der Waals surface area contributed by atoms with E-state index < -0.39 is 0 Å². The van der Waals surface area contributed by atoms with Crippen molar-refractivity contribution < 1.29 is 14.1 Å². The van der Waals surface area contributed by atoms with Crippen LogP contribution in [0.25, 0.3) is 0 Å². The van der Waals surface area contributed by atoms with E-state index >= 15 is 0 Å². The highest BCUT2D eigenvalue weighted by Crippen LogP contribution is 2.29. The van der Waals surface area contributed by atoms with Gasteiger partial charge in [-0.15, -0.1) is 0 Å². The third-order valence-electron chi connectivity index (χ3n) is 5.41. The number of carbonyl (C=O) groups is 1. The minimum absolute atomic E-state index is 0.182. The summed E-state index contributed by atoms with van der Waals surface area (Å²) in [7, 11) is 0. The average Bonchev–Trinajstić information content (AvgIpc) is 3.02. The fraction of sp³-hybridized carbons (Fsp3) is 0.619. The average molecular weight is 386 g/mol. The Kier molecular flexibility index (Phi) is 6.78. The van der Waals surface area contributed by atoms with E-state index in [4.69, 9.17) is 14.2 Å². The van der Waals surface area contributed by atoms with Gasteiger partial charge in [0.1, 0.15) is 11.6 Å². The van der Waals surface area contributed by atoms with Crippen molar-refractivity contribution in [2.24, 2.45) is 0 Å². The van der Waals surface area contributed by atoms with Crippen molar-refractivity contribution >= 4 is 5.91 Å². The fourth-order valence-corrected chi connectivity index (χ4v) is 3.86. The summed E-state index contributed by atoms with van der Waals surface area (Å²) < 4.78 is 10.8. The number of nitrogens with zero attached hydrogens (tertiary/aromatic N) is 4. The molecule has 152 valence electrons. The predicted molar refractivity (Wildman–Crippen MR) is 105 cm³/mol. The van der Waals surface area contributed by atoms with Crippen molar-refractivity contribution in [1.29, 1.82) is 0 Å². The van der Waals surface area contributed by atoms with E-state index in [1.807, 2.05) is 38.8 Å². The van der Waals surface area contributed by atoms with E-state index in [9.17, 15) is 4.79 Å². The van der Waals surface area contributed by atoms with E-state index in [-0.39, 0.29) is 11.8 Å². The molecule has 7 nitrogen and oxygen atoms in total. The predicted octanol–water partition coefficient (Wildman–Crippen LogP) is 3.27. The zero-order chi connectivity index (χ0) is 20.1. The van der Waals surface area contributed by atoms with E-state index in [2.05, 4.69) is 10.1 Å². The first-order valence-corrected chi connectivity index (χ1v) is 10.1. The van der Waals surface area contributed by atoms with Gasteiger partial charge >= 0.3 is 0 Å². The summed E-state index contributed by atoms with van der Waals surface area (Å²) in [5.41, 5.74) is 3.98. The second kappa shape index (κ2) is 9.28. The molecule has 7 heteroatoms. The number of amides is 1. The van der Waals surface area contributed by atoms with Crippen LogP contribution in [-0.2, 0) is 22.6 Å². The molecular formula is C21H30N4O3. The maximum Gasteiger partial charge on any atom is 0.222 e. The summed E-state index contributed by atoms with van der Waals surface area (Å²) in [5, 5.41) is 3.97. The van der Waals surface area contributed by atoms with E-state index in [1.54, 1.807) is 0 Å². The molecule has 1 unspecified atom stereocenters. The van der Waals surface area contributed by atoms with Gasteiger partial charge in [-0.2, -0.15) is 0 Å². The number of aromatic nitrogens is 3. The summed E-state index contributed by atoms with van der Waals surface area (Å²) in [6.07, 6.45) is 5.03. The van der Waals surface area contributed by atoms with Gasteiger partial charge in [0.2, 0.25) is 5.91 Å². The highest BCUT2D eigenvalue weighted by molar-refractivity contribution is 5.76. The van der Waals surface area contributed by atoms with Gasteiger partial charge in [-0.05, 0) is 47.0 Å². The van der Waals surface area contributed by atoms with Gasteiger partial charge in [0, 0.05) is 49.4 Å². The third-order valence-corrected chi connectivity index (χ3v) is 5.41. The molecule has 0 bridgehead atoms. The number of ether oxygens (including phenoxy) is 1. The van der Waals surface area contributed by atoms with Crippen molar-refractivity contribution in [2.75, 3.05) is 19.7 Å². The lowest BCUT2D eigenvalue weighted by molar-refractivity contribution is -0.132. The second-order valence-corrected chi connectivity index (χ2v) is 7.45. The molecule has 1 atom stereocenters. The molecule has 0 N–H and O–H groups in total. The van der Waals surface area contributed by atoms with Gasteiger partial charge in [0.05, 0.1) is 18.0 Å². The van der Waals surface area contributed by atoms with Gasteiger partial charge in [0.15, 0.2) is 0 Å². The molecule has 0 spiro atoms. The molecule has 2 aromatic heterocycles. The number of piperidine rings is 1. The quantitative estimate of drug-likeness (QED) is 0.726. The molecule has 1 aliphatic rings. The Labute approximate surface area is 166 Å². The zero-order valence-electron chi connectivity index (χ0n) is 17.3. The Bertz CT molecular complexity index is 798. The van der Waals surface area contributed by atoms with Crippen LogP contribution >= 0.6 is 0 Å². The van der Waals surface area contributed by atoms with Crippen LogP contribution in [0.4, 0.5) is 0 Å². The molecule has 0 aliphatic carbocycles. The van der Waals surface area contributed by atoms with Gasteiger partial charge < -0.3 is 14.2 Å². The van der Waals surface area contributed by atoms with Crippen LogP contribution in [0.2, 0.25) is 0 Å². The Balaban J connectivity index is 1.67. The first kappa shape index (κ1) is 20.5. The van der Waals surface area contributed by atoms with Crippen molar-refractivity contribution in [3.8, 4) is 0 Å². The number of likely N-dealkylation sites (tertiary alicyclic amines) is 1. The number of rotatable bonds is 7. The Morgan fingerprint density at radius 3 is 2.89 bits per heavy atom. The van der Waals surface area contributed by atoms with Crippen molar-refractivity contribution in [2.45, 2.75) is 65.9 Å². The normalized spacial score (nSPS) is 17.1. The molecule has 0 aromatic carbocycles. The summed E-state index contributed by atoms with van der Waals surface area (Å²) in [5.74, 6) is 1.98. The number of aryl methyl sites for hydroxylation is 3. The first-order chi connectivity index (χ1) is 13.5. The standard InChI is InChI=1S/C21H30N4O3/c1-5-27-13-18-11-22-16(4)23-21(18)17-7-6-10-25(12-17)20(26)9-8-19-14(2)24-28-15(19)3/h11,17H,5-10,12-13H2,1-4H3. The van der Waals surface area contributed by atoms with Gasteiger partial charge in [-0.25, -0.2) is 9.97 Å². The lowest BCUT2D eigenvalue weighted by atomic mass is 9.91. The van der Waals surface area contributed by atoms with Crippen LogP contribution < -0.4 is 0 Å². The lowest BCUT2D eigenvalue weighted by Crippen LogP contribution is -2.39. The van der Waals surface area contributed by atoms with E-state index in [1.165, 1.54) is 0 Å². The summed E-state index contributed by atoms with van der Waals surface area (Å²) >= 11 is 0. The van der Waals surface area contributed by atoms with Crippen LogP contribution in [0.15, 0.2) is 10.7 Å². The Hall–Kier alpha value is -2.28. The Morgan fingerprint density at radius 1 is 1.36 bits per heavy atom. The van der Waals surface area contributed by atoms with Crippen LogP contribution in [-0.4, -0.2) is 45.6 Å². The zero-order valence-corrected chi connectivity index (χ0v) is 17.3. The molecule has 1 fully saturated rings. The first-order valence-electron chi connectivity index (χ1n) is 10.1. The second-order valence-electron chi connectivity index (χ2n) is 7.45. The van der Waals surface area contributed by atoms with Crippen LogP contribution in [0.3, 0.4) is 0 Å². The smallest absolute Gasteiger partial charge is 0.222 e. The highest BCUT2D eigenvalue weighted by atomic mass is 16.5. The van der Waals surface area contributed by atoms with Gasteiger partial charge in [-0.3, -0.25) is 4.79 Å². The molecule has 0 radical (unpaired) electrons. The number of hydrogen-bond donors (Lipinski definition) is 0. The molecule has 2 aromatic rings. The molecular weight excluding hydrogens is 356 g/mol. The van der Waals surface area contributed by atoms with Gasteiger partial charge in [0.25, 0.3) is 0 Å². The molecule has 3 rings (SSSR count). The van der Waals surface area contributed by atoms with Crippen molar-refractivity contribution in [3.63, 3.8) is 0 Å². The topological polar surface area (TPSA) is 81.4 Å². The third kappa shape index (κ3) is 4.76. The van der Waals surface area contributed by atoms with Crippen LogP contribution in [0.5, 0.6) is 0 Å². The molecule has 1 saturated heterocycles. The maximum absolute atomic E-state index is 12.8.